The fourth-order valence-corrected chi connectivity index (χ4v) is 2.41. The van der Waals surface area contributed by atoms with Gasteiger partial charge in [-0.1, -0.05) is 0 Å². The molecule has 0 bridgehead atoms. The number of esters is 2. The van der Waals surface area contributed by atoms with E-state index in [1.165, 1.54) is 32.4 Å². The molecular formula is C18H16BrNO6. The topological polar surface area (TPSA) is 90.9 Å². The van der Waals surface area contributed by atoms with Crippen LogP contribution in [-0.2, 0) is 14.3 Å². The lowest BCUT2D eigenvalue weighted by Gasteiger charge is -2.09. The zero-order chi connectivity index (χ0) is 19.1. The van der Waals surface area contributed by atoms with Gasteiger partial charge in [-0.05, 0) is 58.4 Å². The first-order chi connectivity index (χ1) is 12.4. The number of halogens is 1. The Morgan fingerprint density at radius 2 is 1.69 bits per heavy atom. The molecule has 0 radical (unpaired) electrons. The third-order valence-corrected chi connectivity index (χ3v) is 4.01. The number of methoxy groups -OCH3 is 2. The lowest BCUT2D eigenvalue weighted by Crippen LogP contribution is -2.21. The van der Waals surface area contributed by atoms with E-state index in [1.54, 1.807) is 24.3 Å². The molecule has 2 aromatic rings. The van der Waals surface area contributed by atoms with Crippen LogP contribution in [0.4, 0.5) is 5.69 Å². The van der Waals surface area contributed by atoms with Crippen LogP contribution in [0.15, 0.2) is 46.9 Å². The maximum Gasteiger partial charge on any atom is 0.339 e. The van der Waals surface area contributed by atoms with Gasteiger partial charge in [-0.25, -0.2) is 9.59 Å². The Morgan fingerprint density at radius 3 is 2.31 bits per heavy atom. The van der Waals surface area contributed by atoms with Crippen molar-refractivity contribution in [3.8, 4) is 5.75 Å². The van der Waals surface area contributed by atoms with Crippen molar-refractivity contribution in [3.63, 3.8) is 0 Å². The van der Waals surface area contributed by atoms with E-state index in [-0.39, 0.29) is 5.56 Å². The van der Waals surface area contributed by atoms with Gasteiger partial charge in [-0.15, -0.1) is 0 Å². The number of hydrogen-bond acceptors (Lipinski definition) is 6. The molecule has 0 unspecified atom stereocenters. The minimum atomic E-state index is -0.660. The number of ether oxygens (including phenoxy) is 3. The average Bonchev–Trinajstić information content (AvgIpc) is 2.66. The van der Waals surface area contributed by atoms with Crippen LogP contribution in [0.25, 0.3) is 0 Å². The van der Waals surface area contributed by atoms with Crippen molar-refractivity contribution in [2.75, 3.05) is 26.1 Å². The summed E-state index contributed by atoms with van der Waals surface area (Å²) in [6.45, 7) is -0.457. The molecule has 7 nitrogen and oxygen atoms in total. The summed E-state index contributed by atoms with van der Waals surface area (Å²) in [5, 5.41) is 2.57. The van der Waals surface area contributed by atoms with Crippen molar-refractivity contribution in [2.45, 2.75) is 0 Å². The Balaban J connectivity index is 1.92. The van der Waals surface area contributed by atoms with Crippen molar-refractivity contribution in [1.82, 2.24) is 0 Å². The normalized spacial score (nSPS) is 9.96. The molecule has 2 aromatic carbocycles. The highest BCUT2D eigenvalue weighted by Gasteiger charge is 2.15. The van der Waals surface area contributed by atoms with Gasteiger partial charge in [0.2, 0.25) is 0 Å². The molecule has 0 aliphatic rings. The van der Waals surface area contributed by atoms with Gasteiger partial charge in [0.1, 0.15) is 5.75 Å². The summed E-state index contributed by atoms with van der Waals surface area (Å²) in [6.07, 6.45) is 0. The maximum atomic E-state index is 12.1. The number of amides is 1. The second-order valence-electron chi connectivity index (χ2n) is 5.04. The molecule has 1 N–H and O–H groups in total. The van der Waals surface area contributed by atoms with Crippen molar-refractivity contribution in [2.24, 2.45) is 0 Å². The molecule has 0 saturated carbocycles. The summed E-state index contributed by atoms with van der Waals surface area (Å²) in [5.74, 6) is -1.15. The lowest BCUT2D eigenvalue weighted by molar-refractivity contribution is -0.119. The standard InChI is InChI=1S/C18H16BrNO6/c1-24-13-7-8-15(19)14(9-13)18(23)26-10-16(21)20-12-5-3-11(4-6-12)17(22)25-2/h3-9H,10H2,1-2H3,(H,20,21). The predicted octanol–water partition coefficient (Wildman–Crippen LogP) is 3.04. The largest absolute Gasteiger partial charge is 0.497 e. The molecule has 0 atom stereocenters. The second-order valence-corrected chi connectivity index (χ2v) is 5.89. The van der Waals surface area contributed by atoms with Gasteiger partial charge in [-0.3, -0.25) is 4.79 Å². The van der Waals surface area contributed by atoms with Gasteiger partial charge < -0.3 is 19.5 Å². The van der Waals surface area contributed by atoms with Crippen LogP contribution >= 0.6 is 15.9 Å². The minimum Gasteiger partial charge on any atom is -0.497 e. The highest BCUT2D eigenvalue weighted by Crippen LogP contribution is 2.23. The molecule has 0 saturated heterocycles. The zero-order valence-corrected chi connectivity index (χ0v) is 15.7. The summed E-state index contributed by atoms with van der Waals surface area (Å²) >= 11 is 3.25. The molecule has 2 rings (SSSR count). The molecule has 136 valence electrons. The van der Waals surface area contributed by atoms with Gasteiger partial charge in [0, 0.05) is 10.2 Å². The number of carbonyl (C=O) groups is 3. The summed E-state index contributed by atoms with van der Waals surface area (Å²) < 4.78 is 15.2. The number of rotatable bonds is 6. The fourth-order valence-electron chi connectivity index (χ4n) is 2.00. The first-order valence-electron chi connectivity index (χ1n) is 7.43. The molecule has 1 amide bonds. The first-order valence-corrected chi connectivity index (χ1v) is 8.22. The zero-order valence-electron chi connectivity index (χ0n) is 14.1. The summed E-state index contributed by atoms with van der Waals surface area (Å²) in [5.41, 5.74) is 1.07. The summed E-state index contributed by atoms with van der Waals surface area (Å²) in [6, 6.07) is 11.0. The summed E-state index contributed by atoms with van der Waals surface area (Å²) in [7, 11) is 2.77. The van der Waals surface area contributed by atoms with Crippen LogP contribution < -0.4 is 10.1 Å². The van der Waals surface area contributed by atoms with Crippen LogP contribution in [0, 0.1) is 0 Å². The van der Waals surface area contributed by atoms with Crippen molar-refractivity contribution in [3.05, 3.63) is 58.1 Å². The summed E-state index contributed by atoms with van der Waals surface area (Å²) in [4.78, 5) is 35.4. The highest BCUT2D eigenvalue weighted by molar-refractivity contribution is 9.10. The molecule has 0 aromatic heterocycles. The lowest BCUT2D eigenvalue weighted by atomic mass is 10.2. The van der Waals surface area contributed by atoms with E-state index in [9.17, 15) is 14.4 Å². The van der Waals surface area contributed by atoms with E-state index < -0.39 is 24.5 Å². The predicted molar refractivity (Wildman–Crippen MR) is 97.4 cm³/mol. The molecule has 26 heavy (non-hydrogen) atoms. The van der Waals surface area contributed by atoms with E-state index in [2.05, 4.69) is 26.0 Å². The van der Waals surface area contributed by atoms with E-state index >= 15 is 0 Å². The van der Waals surface area contributed by atoms with E-state index in [1.807, 2.05) is 0 Å². The molecular weight excluding hydrogens is 406 g/mol. The Hall–Kier alpha value is -2.87. The number of anilines is 1. The van der Waals surface area contributed by atoms with Crippen LogP contribution in [0.1, 0.15) is 20.7 Å². The second kappa shape index (κ2) is 9.00. The maximum absolute atomic E-state index is 12.1. The highest BCUT2D eigenvalue weighted by atomic mass is 79.9. The monoisotopic (exact) mass is 421 g/mol. The number of benzene rings is 2. The Kier molecular flexibility index (Phi) is 6.74. The SMILES string of the molecule is COC(=O)c1ccc(NC(=O)COC(=O)c2cc(OC)ccc2Br)cc1. The number of nitrogens with one attached hydrogen (secondary N) is 1. The third-order valence-electron chi connectivity index (χ3n) is 3.32. The average molecular weight is 422 g/mol. The Morgan fingerprint density at radius 1 is 1.00 bits per heavy atom. The van der Waals surface area contributed by atoms with Crippen molar-refractivity contribution < 1.29 is 28.6 Å². The smallest absolute Gasteiger partial charge is 0.339 e. The van der Waals surface area contributed by atoms with Gasteiger partial charge in [0.05, 0.1) is 25.3 Å². The van der Waals surface area contributed by atoms with Crippen LogP contribution in [-0.4, -0.2) is 38.7 Å². The Labute approximate surface area is 158 Å². The fraction of sp³-hybridized carbons (Fsp3) is 0.167. The minimum absolute atomic E-state index is 0.250. The quantitative estimate of drug-likeness (QED) is 0.720. The third kappa shape index (κ3) is 5.06. The van der Waals surface area contributed by atoms with E-state index in [0.717, 1.165) is 0 Å². The number of hydrogen-bond donors (Lipinski definition) is 1. The number of carbonyl (C=O) groups excluding carboxylic acids is 3. The van der Waals surface area contributed by atoms with Crippen molar-refractivity contribution in [1.29, 1.82) is 0 Å². The van der Waals surface area contributed by atoms with E-state index in [4.69, 9.17) is 9.47 Å². The Bertz CT molecular complexity index is 819. The van der Waals surface area contributed by atoms with Gasteiger partial charge in [-0.2, -0.15) is 0 Å². The molecule has 0 spiro atoms. The van der Waals surface area contributed by atoms with Crippen molar-refractivity contribution >= 4 is 39.5 Å². The van der Waals surface area contributed by atoms with E-state index in [0.29, 0.717) is 21.5 Å². The molecule has 0 fully saturated rings. The first kappa shape index (κ1) is 19.5. The van der Waals surface area contributed by atoms with Gasteiger partial charge in [0.15, 0.2) is 6.61 Å². The molecule has 0 heterocycles. The molecule has 0 aliphatic carbocycles. The van der Waals surface area contributed by atoms with Crippen LogP contribution in [0.3, 0.4) is 0 Å². The van der Waals surface area contributed by atoms with Crippen LogP contribution in [0.5, 0.6) is 5.75 Å². The van der Waals surface area contributed by atoms with Gasteiger partial charge >= 0.3 is 11.9 Å². The molecule has 8 heteroatoms. The van der Waals surface area contributed by atoms with Crippen LogP contribution in [0.2, 0.25) is 0 Å². The van der Waals surface area contributed by atoms with Gasteiger partial charge in [0.25, 0.3) is 5.91 Å². The molecule has 0 aliphatic heterocycles.